The quantitative estimate of drug-likeness (QED) is 0.890. The average Bonchev–Trinajstić information content (AvgIpc) is 2.84. The molecule has 1 aliphatic rings. The van der Waals surface area contributed by atoms with Crippen molar-refractivity contribution in [1.29, 1.82) is 0 Å². The molecule has 20 heavy (non-hydrogen) atoms. The van der Waals surface area contributed by atoms with Crippen LogP contribution in [0.15, 0.2) is 18.3 Å². The number of H-pyrrole nitrogens is 1. The molecule has 3 nitrogen and oxygen atoms in total. The molecule has 0 aliphatic heterocycles. The van der Waals surface area contributed by atoms with Gasteiger partial charge in [-0.05, 0) is 67.3 Å². The van der Waals surface area contributed by atoms with Crippen LogP contribution in [0.2, 0.25) is 0 Å². The first-order chi connectivity index (χ1) is 9.69. The molecule has 106 valence electrons. The normalized spacial score (nSPS) is 16.1. The lowest BCUT2D eigenvalue weighted by molar-refractivity contribution is -0.141. The van der Waals surface area contributed by atoms with Crippen LogP contribution in [0, 0.1) is 5.92 Å². The second-order valence-corrected chi connectivity index (χ2v) is 5.84. The van der Waals surface area contributed by atoms with Crippen LogP contribution in [-0.4, -0.2) is 16.1 Å². The van der Waals surface area contributed by atoms with E-state index in [2.05, 4.69) is 17.1 Å². The second-order valence-electron chi connectivity index (χ2n) is 5.84. The lowest BCUT2D eigenvalue weighted by atomic mass is 9.89. The Labute approximate surface area is 119 Å². The molecule has 1 aromatic carbocycles. The third kappa shape index (κ3) is 2.33. The van der Waals surface area contributed by atoms with Crippen LogP contribution in [-0.2, 0) is 24.1 Å². The number of aromatic nitrogens is 1. The minimum Gasteiger partial charge on any atom is -0.481 e. The summed E-state index contributed by atoms with van der Waals surface area (Å²) >= 11 is 0. The van der Waals surface area contributed by atoms with Crippen molar-refractivity contribution in [3.63, 3.8) is 0 Å². The van der Waals surface area contributed by atoms with Crippen molar-refractivity contribution in [2.24, 2.45) is 5.92 Å². The Morgan fingerprint density at radius 1 is 1.30 bits per heavy atom. The Morgan fingerprint density at radius 2 is 2.00 bits per heavy atom. The molecule has 2 N–H and O–H groups in total. The number of nitrogens with one attached hydrogen (secondary N) is 1. The van der Waals surface area contributed by atoms with Crippen LogP contribution in [0.1, 0.15) is 42.9 Å². The minimum absolute atomic E-state index is 0.287. The summed E-state index contributed by atoms with van der Waals surface area (Å²) in [6, 6.07) is 4.54. The van der Waals surface area contributed by atoms with E-state index in [0.717, 1.165) is 17.5 Å². The van der Waals surface area contributed by atoms with E-state index >= 15 is 0 Å². The van der Waals surface area contributed by atoms with Gasteiger partial charge in [-0.1, -0.05) is 6.92 Å². The summed E-state index contributed by atoms with van der Waals surface area (Å²) in [7, 11) is 0. The van der Waals surface area contributed by atoms with Gasteiger partial charge < -0.3 is 10.1 Å². The van der Waals surface area contributed by atoms with E-state index in [4.69, 9.17) is 0 Å². The molecule has 3 rings (SSSR count). The molecule has 0 spiro atoms. The van der Waals surface area contributed by atoms with Crippen LogP contribution in [0.4, 0.5) is 0 Å². The molecule has 1 unspecified atom stereocenters. The molecule has 0 radical (unpaired) electrons. The maximum Gasteiger partial charge on any atom is 0.306 e. The van der Waals surface area contributed by atoms with E-state index in [1.54, 1.807) is 0 Å². The molecule has 0 fully saturated rings. The zero-order valence-electron chi connectivity index (χ0n) is 11.9. The van der Waals surface area contributed by atoms with Crippen molar-refractivity contribution in [3.05, 3.63) is 35.0 Å². The van der Waals surface area contributed by atoms with Gasteiger partial charge in [0.1, 0.15) is 0 Å². The fourth-order valence-electron chi connectivity index (χ4n) is 3.25. The highest BCUT2D eigenvalue weighted by Crippen LogP contribution is 2.29. The number of benzene rings is 1. The number of aryl methyl sites for hydroxylation is 2. The van der Waals surface area contributed by atoms with E-state index < -0.39 is 5.97 Å². The summed E-state index contributed by atoms with van der Waals surface area (Å²) in [6.45, 7) is 1.94. The number of fused-ring (bicyclic) bond motifs is 2. The van der Waals surface area contributed by atoms with E-state index in [-0.39, 0.29) is 5.92 Å². The van der Waals surface area contributed by atoms with E-state index in [1.165, 1.54) is 35.8 Å². The summed E-state index contributed by atoms with van der Waals surface area (Å²) in [5.74, 6) is -0.982. The Morgan fingerprint density at radius 3 is 2.65 bits per heavy atom. The van der Waals surface area contributed by atoms with Crippen LogP contribution in [0.3, 0.4) is 0 Å². The molecule has 1 aromatic heterocycles. The molecular formula is C17H21NO2. The molecule has 1 aliphatic carbocycles. The third-order valence-corrected chi connectivity index (χ3v) is 4.54. The molecule has 3 heteroatoms. The van der Waals surface area contributed by atoms with E-state index in [1.807, 2.05) is 13.1 Å². The number of aromatic amines is 1. The standard InChI is InChI=1S/C17H21NO2/c1-2-11(17(19)20)7-14-10-18-16-9-13-6-4-3-5-12(13)8-15(14)16/h8-11,18H,2-7H2,1H3,(H,19,20). The summed E-state index contributed by atoms with van der Waals surface area (Å²) in [5, 5.41) is 10.4. The van der Waals surface area contributed by atoms with Gasteiger partial charge >= 0.3 is 5.97 Å². The molecule has 0 saturated heterocycles. The Kier molecular flexibility index (Phi) is 3.51. The predicted molar refractivity (Wildman–Crippen MR) is 80.1 cm³/mol. The van der Waals surface area contributed by atoms with E-state index in [9.17, 15) is 9.90 Å². The molecule has 2 aromatic rings. The monoisotopic (exact) mass is 271 g/mol. The van der Waals surface area contributed by atoms with Gasteiger partial charge in [0.15, 0.2) is 0 Å². The second kappa shape index (κ2) is 5.31. The number of hydrogen-bond acceptors (Lipinski definition) is 1. The number of hydrogen-bond donors (Lipinski definition) is 2. The number of carbonyl (C=O) groups is 1. The molecule has 0 saturated carbocycles. The van der Waals surface area contributed by atoms with Crippen LogP contribution in [0.25, 0.3) is 10.9 Å². The first-order valence-corrected chi connectivity index (χ1v) is 7.53. The minimum atomic E-state index is -0.695. The number of carboxylic acids is 1. The van der Waals surface area contributed by atoms with Crippen molar-refractivity contribution >= 4 is 16.9 Å². The number of rotatable bonds is 4. The van der Waals surface area contributed by atoms with Crippen LogP contribution < -0.4 is 0 Å². The SMILES string of the molecule is CCC(Cc1c[nH]c2cc3c(cc12)CCCC3)C(=O)O. The zero-order valence-corrected chi connectivity index (χ0v) is 11.9. The van der Waals surface area contributed by atoms with Crippen molar-refractivity contribution in [3.8, 4) is 0 Å². The van der Waals surface area contributed by atoms with Crippen LogP contribution in [0.5, 0.6) is 0 Å². The Balaban J connectivity index is 1.98. The average molecular weight is 271 g/mol. The fraction of sp³-hybridized carbons (Fsp3) is 0.471. The molecule has 1 atom stereocenters. The molecule has 0 amide bonds. The largest absolute Gasteiger partial charge is 0.481 e. The van der Waals surface area contributed by atoms with Gasteiger partial charge in [0.2, 0.25) is 0 Å². The first kappa shape index (κ1) is 13.2. The summed E-state index contributed by atoms with van der Waals surface area (Å²) < 4.78 is 0. The third-order valence-electron chi connectivity index (χ3n) is 4.54. The highest BCUT2D eigenvalue weighted by molar-refractivity contribution is 5.85. The van der Waals surface area contributed by atoms with Crippen LogP contribution >= 0.6 is 0 Å². The summed E-state index contributed by atoms with van der Waals surface area (Å²) in [5.41, 5.74) is 5.21. The topological polar surface area (TPSA) is 53.1 Å². The van der Waals surface area contributed by atoms with Gasteiger partial charge in [0.25, 0.3) is 0 Å². The van der Waals surface area contributed by atoms with E-state index in [0.29, 0.717) is 12.8 Å². The van der Waals surface area contributed by atoms with Gasteiger partial charge in [-0.15, -0.1) is 0 Å². The fourth-order valence-corrected chi connectivity index (χ4v) is 3.25. The Bertz CT molecular complexity index is 642. The van der Waals surface area contributed by atoms with Gasteiger partial charge in [0.05, 0.1) is 5.92 Å². The lowest BCUT2D eigenvalue weighted by Crippen LogP contribution is -2.15. The van der Waals surface area contributed by atoms with Gasteiger partial charge in [-0.25, -0.2) is 0 Å². The first-order valence-electron chi connectivity index (χ1n) is 7.53. The maximum absolute atomic E-state index is 11.2. The maximum atomic E-state index is 11.2. The Hall–Kier alpha value is -1.77. The summed E-state index contributed by atoms with van der Waals surface area (Å²) in [6.07, 6.45) is 8.16. The molecule has 1 heterocycles. The van der Waals surface area contributed by atoms with Gasteiger partial charge in [0, 0.05) is 17.1 Å². The lowest BCUT2D eigenvalue weighted by Gasteiger charge is -2.16. The van der Waals surface area contributed by atoms with Crippen molar-refractivity contribution in [2.75, 3.05) is 0 Å². The highest BCUT2D eigenvalue weighted by Gasteiger charge is 2.19. The molecular weight excluding hydrogens is 250 g/mol. The smallest absolute Gasteiger partial charge is 0.306 e. The van der Waals surface area contributed by atoms with Crippen molar-refractivity contribution in [1.82, 2.24) is 4.98 Å². The number of carboxylic acid groups (broad SMARTS) is 1. The van der Waals surface area contributed by atoms with Crippen molar-refractivity contribution in [2.45, 2.75) is 45.4 Å². The van der Waals surface area contributed by atoms with Crippen molar-refractivity contribution < 1.29 is 9.90 Å². The van der Waals surface area contributed by atoms with Gasteiger partial charge in [-0.2, -0.15) is 0 Å². The zero-order chi connectivity index (χ0) is 14.1. The van der Waals surface area contributed by atoms with Gasteiger partial charge in [-0.3, -0.25) is 4.79 Å². The number of aliphatic carboxylic acids is 1. The molecule has 0 bridgehead atoms. The highest BCUT2D eigenvalue weighted by atomic mass is 16.4. The summed E-state index contributed by atoms with van der Waals surface area (Å²) in [4.78, 5) is 14.5. The predicted octanol–water partition coefficient (Wildman–Crippen LogP) is 3.70.